The number of amides is 1. The molecule has 0 aliphatic carbocycles. The van der Waals surface area contributed by atoms with Gasteiger partial charge in [0.25, 0.3) is 5.91 Å². The van der Waals surface area contributed by atoms with Crippen LogP contribution in [-0.4, -0.2) is 36.1 Å². The molecule has 94 valence electrons. The molecule has 1 rings (SSSR count). The van der Waals surface area contributed by atoms with E-state index in [2.05, 4.69) is 10.6 Å². The Morgan fingerprint density at radius 1 is 1.41 bits per heavy atom. The topological polar surface area (TPSA) is 61.4 Å². The average molecular weight is 257 g/mol. The maximum Gasteiger partial charge on any atom is 0.251 e. The summed E-state index contributed by atoms with van der Waals surface area (Å²) in [4.78, 5) is 11.5. The van der Waals surface area contributed by atoms with Crippen molar-refractivity contribution in [1.29, 1.82) is 0 Å². The summed E-state index contributed by atoms with van der Waals surface area (Å²) in [6.45, 7) is 2.88. The second-order valence-electron chi connectivity index (χ2n) is 3.63. The summed E-state index contributed by atoms with van der Waals surface area (Å²) in [5.41, 5.74) is 1.47. The van der Waals surface area contributed by atoms with Gasteiger partial charge in [-0.25, -0.2) is 0 Å². The second-order valence-corrected chi connectivity index (χ2v) is 3.93. The number of aliphatic hydroxyl groups excluding tert-OH is 1. The normalized spacial score (nSPS) is 11.9. The maximum absolute atomic E-state index is 11.5. The predicted octanol–water partition coefficient (Wildman–Crippen LogP) is 1.45. The highest BCUT2D eigenvalue weighted by molar-refractivity contribution is 6.18. The van der Waals surface area contributed by atoms with Crippen LogP contribution in [0, 0.1) is 0 Å². The standard InChI is InChI=1S/C12H17ClN2O2/c1-2-14-12(17)9-3-5-10(6-4-9)15-8-11(16)7-13/h3-6,11,15-16H,2,7-8H2,1H3,(H,14,17). The molecule has 0 aromatic heterocycles. The number of carbonyl (C=O) groups excluding carboxylic acids is 1. The third-order valence-corrected chi connectivity index (χ3v) is 2.56. The lowest BCUT2D eigenvalue weighted by Crippen LogP contribution is -2.23. The Morgan fingerprint density at radius 2 is 2.06 bits per heavy atom. The highest BCUT2D eigenvalue weighted by Gasteiger charge is 2.04. The van der Waals surface area contributed by atoms with E-state index in [1.807, 2.05) is 6.92 Å². The van der Waals surface area contributed by atoms with Crippen LogP contribution < -0.4 is 10.6 Å². The zero-order valence-electron chi connectivity index (χ0n) is 9.74. The smallest absolute Gasteiger partial charge is 0.251 e. The number of anilines is 1. The van der Waals surface area contributed by atoms with Gasteiger partial charge in [0.1, 0.15) is 0 Å². The first-order valence-electron chi connectivity index (χ1n) is 5.53. The Morgan fingerprint density at radius 3 is 2.59 bits per heavy atom. The monoisotopic (exact) mass is 256 g/mol. The second kappa shape index (κ2) is 7.14. The molecule has 3 N–H and O–H groups in total. The van der Waals surface area contributed by atoms with E-state index in [-0.39, 0.29) is 11.8 Å². The van der Waals surface area contributed by atoms with E-state index in [9.17, 15) is 9.90 Å². The van der Waals surface area contributed by atoms with Gasteiger partial charge in [0.15, 0.2) is 0 Å². The van der Waals surface area contributed by atoms with Crippen LogP contribution in [0.5, 0.6) is 0 Å². The van der Waals surface area contributed by atoms with E-state index >= 15 is 0 Å². The number of hydrogen-bond acceptors (Lipinski definition) is 3. The van der Waals surface area contributed by atoms with Gasteiger partial charge in [-0.1, -0.05) is 0 Å². The molecule has 0 fully saturated rings. The minimum absolute atomic E-state index is 0.0835. The van der Waals surface area contributed by atoms with Gasteiger partial charge in [0.2, 0.25) is 0 Å². The molecule has 1 aromatic carbocycles. The number of alkyl halides is 1. The fourth-order valence-electron chi connectivity index (χ4n) is 1.29. The molecule has 0 radical (unpaired) electrons. The lowest BCUT2D eigenvalue weighted by molar-refractivity contribution is 0.0956. The van der Waals surface area contributed by atoms with Gasteiger partial charge in [0, 0.05) is 24.3 Å². The van der Waals surface area contributed by atoms with Crippen LogP contribution in [0.3, 0.4) is 0 Å². The molecule has 0 aliphatic heterocycles. The fourth-order valence-corrected chi connectivity index (χ4v) is 1.40. The van der Waals surface area contributed by atoms with E-state index in [0.29, 0.717) is 18.7 Å². The molecule has 1 amide bonds. The molecule has 0 heterocycles. The van der Waals surface area contributed by atoms with Crippen molar-refractivity contribution in [3.8, 4) is 0 Å². The molecular formula is C12H17ClN2O2. The maximum atomic E-state index is 11.5. The van der Waals surface area contributed by atoms with E-state index in [4.69, 9.17) is 11.6 Å². The Bertz CT molecular complexity index is 354. The lowest BCUT2D eigenvalue weighted by Gasteiger charge is -2.10. The van der Waals surface area contributed by atoms with Gasteiger partial charge in [-0.3, -0.25) is 4.79 Å². The summed E-state index contributed by atoms with van der Waals surface area (Å²) in [6, 6.07) is 7.07. The molecule has 0 spiro atoms. The van der Waals surface area contributed by atoms with E-state index in [0.717, 1.165) is 5.69 Å². The lowest BCUT2D eigenvalue weighted by atomic mass is 10.2. The highest BCUT2D eigenvalue weighted by Crippen LogP contribution is 2.09. The minimum atomic E-state index is -0.570. The summed E-state index contributed by atoms with van der Waals surface area (Å²) in [6.07, 6.45) is -0.570. The first-order chi connectivity index (χ1) is 8.17. The van der Waals surface area contributed by atoms with Crippen LogP contribution in [0.1, 0.15) is 17.3 Å². The summed E-state index contributed by atoms with van der Waals surface area (Å²) in [5.74, 6) is 0.115. The first kappa shape index (κ1) is 13.8. The van der Waals surface area contributed by atoms with E-state index < -0.39 is 6.10 Å². The SMILES string of the molecule is CCNC(=O)c1ccc(NCC(O)CCl)cc1. The Kier molecular flexibility index (Phi) is 5.80. The molecule has 0 aliphatic rings. The van der Waals surface area contributed by atoms with Crippen molar-refractivity contribution in [3.63, 3.8) is 0 Å². The molecule has 4 nitrogen and oxygen atoms in total. The van der Waals surface area contributed by atoms with Gasteiger partial charge in [-0.15, -0.1) is 11.6 Å². The van der Waals surface area contributed by atoms with Crippen LogP contribution >= 0.6 is 11.6 Å². The van der Waals surface area contributed by atoms with Crippen molar-refractivity contribution < 1.29 is 9.90 Å². The largest absolute Gasteiger partial charge is 0.390 e. The third kappa shape index (κ3) is 4.63. The van der Waals surface area contributed by atoms with Crippen LogP contribution in [0.4, 0.5) is 5.69 Å². The summed E-state index contributed by atoms with van der Waals surface area (Å²) >= 11 is 5.48. The number of carbonyl (C=O) groups is 1. The summed E-state index contributed by atoms with van der Waals surface area (Å²) in [5, 5.41) is 15.0. The van der Waals surface area contributed by atoms with Crippen molar-refractivity contribution in [2.45, 2.75) is 13.0 Å². The molecule has 1 aromatic rings. The first-order valence-corrected chi connectivity index (χ1v) is 6.07. The molecule has 0 saturated carbocycles. The molecular weight excluding hydrogens is 240 g/mol. The van der Waals surface area contributed by atoms with Crippen molar-refractivity contribution in [3.05, 3.63) is 29.8 Å². The zero-order chi connectivity index (χ0) is 12.7. The minimum Gasteiger partial charge on any atom is -0.390 e. The number of rotatable bonds is 6. The van der Waals surface area contributed by atoms with Crippen molar-refractivity contribution in [2.75, 3.05) is 24.3 Å². The molecule has 5 heteroatoms. The number of nitrogens with one attached hydrogen (secondary N) is 2. The summed E-state index contributed by atoms with van der Waals surface area (Å²) < 4.78 is 0. The molecule has 1 atom stereocenters. The molecule has 1 unspecified atom stereocenters. The third-order valence-electron chi connectivity index (χ3n) is 2.20. The average Bonchev–Trinajstić information content (AvgIpc) is 2.36. The van der Waals surface area contributed by atoms with Gasteiger partial charge in [-0.2, -0.15) is 0 Å². The highest BCUT2D eigenvalue weighted by atomic mass is 35.5. The number of benzene rings is 1. The number of hydrogen-bond donors (Lipinski definition) is 3. The van der Waals surface area contributed by atoms with E-state index in [1.165, 1.54) is 0 Å². The van der Waals surface area contributed by atoms with Crippen LogP contribution in [0.15, 0.2) is 24.3 Å². The van der Waals surface area contributed by atoms with Crippen molar-refractivity contribution in [1.82, 2.24) is 5.32 Å². The Hall–Kier alpha value is -1.26. The Labute approximate surface area is 106 Å². The van der Waals surface area contributed by atoms with Gasteiger partial charge in [-0.05, 0) is 31.2 Å². The van der Waals surface area contributed by atoms with Gasteiger partial charge < -0.3 is 15.7 Å². The molecule has 17 heavy (non-hydrogen) atoms. The number of aliphatic hydroxyl groups is 1. The predicted molar refractivity (Wildman–Crippen MR) is 69.7 cm³/mol. The van der Waals surface area contributed by atoms with E-state index in [1.54, 1.807) is 24.3 Å². The van der Waals surface area contributed by atoms with Crippen molar-refractivity contribution in [2.24, 2.45) is 0 Å². The quantitative estimate of drug-likeness (QED) is 0.675. The number of halogens is 1. The molecule has 0 bridgehead atoms. The Balaban J connectivity index is 2.53. The van der Waals surface area contributed by atoms with Gasteiger partial charge >= 0.3 is 0 Å². The van der Waals surface area contributed by atoms with Gasteiger partial charge in [0.05, 0.1) is 12.0 Å². The fraction of sp³-hybridized carbons (Fsp3) is 0.417. The zero-order valence-corrected chi connectivity index (χ0v) is 10.5. The van der Waals surface area contributed by atoms with Crippen LogP contribution in [-0.2, 0) is 0 Å². The van der Waals surface area contributed by atoms with Crippen molar-refractivity contribution >= 4 is 23.2 Å². The van der Waals surface area contributed by atoms with Crippen LogP contribution in [0.2, 0.25) is 0 Å². The van der Waals surface area contributed by atoms with Crippen LogP contribution in [0.25, 0.3) is 0 Å². The summed E-state index contributed by atoms with van der Waals surface area (Å²) in [7, 11) is 0. The molecule has 0 saturated heterocycles.